The molecule has 4 aromatic rings. The van der Waals surface area contributed by atoms with Gasteiger partial charge in [0.1, 0.15) is 5.82 Å². The lowest BCUT2D eigenvalue weighted by atomic mass is 9.72. The van der Waals surface area contributed by atoms with E-state index >= 15 is 4.39 Å². The van der Waals surface area contributed by atoms with Gasteiger partial charge in [-0.15, -0.1) is 0 Å². The predicted molar refractivity (Wildman–Crippen MR) is 162 cm³/mol. The standard InChI is InChI=1S/C28H25Cl2FN6O3S2/c1-16-5-9-32-20(13-16)36-26-34-14-21(42-26)41-19-6-10-33-24(23(19)31)25(38)35-15-28(7-11-37(12-8-28)27(39)40)17-3-2-4-18(29)22(17)30/h2-6,9-10,13-14H,7-8,11-12,15H2,1H3,(H,35,38)(H,39,40)(H,32,34,36). The van der Waals surface area contributed by atoms with Crippen LogP contribution in [-0.4, -0.2) is 56.6 Å². The number of likely N-dealkylation sites (tertiary alicyclic amines) is 1. The summed E-state index contributed by atoms with van der Waals surface area (Å²) in [6.45, 7) is 2.55. The average molecular weight is 648 g/mol. The van der Waals surface area contributed by atoms with Crippen LogP contribution in [0.5, 0.6) is 0 Å². The summed E-state index contributed by atoms with van der Waals surface area (Å²) in [6, 6.07) is 10.5. The molecule has 42 heavy (non-hydrogen) atoms. The van der Waals surface area contributed by atoms with Crippen LogP contribution in [0.4, 0.5) is 20.1 Å². The summed E-state index contributed by atoms with van der Waals surface area (Å²) < 4.78 is 16.3. The number of piperidine rings is 1. The van der Waals surface area contributed by atoms with Gasteiger partial charge in [0.15, 0.2) is 16.6 Å². The molecule has 0 radical (unpaired) electrons. The Hall–Kier alpha value is -3.45. The van der Waals surface area contributed by atoms with E-state index in [1.165, 1.54) is 28.5 Å². The van der Waals surface area contributed by atoms with Crippen LogP contribution in [0.15, 0.2) is 64.1 Å². The van der Waals surface area contributed by atoms with E-state index < -0.39 is 23.2 Å². The number of rotatable bonds is 8. The molecule has 0 unspecified atom stereocenters. The first-order valence-corrected chi connectivity index (χ1v) is 15.2. The van der Waals surface area contributed by atoms with Gasteiger partial charge in [-0.3, -0.25) is 4.79 Å². The SMILES string of the molecule is Cc1ccnc(Nc2ncc(Sc3ccnc(C(=O)NCC4(c5cccc(Cl)c5Cl)CCN(C(=O)O)CC4)c3F)s2)c1. The Morgan fingerprint density at radius 2 is 1.90 bits per heavy atom. The average Bonchev–Trinajstić information content (AvgIpc) is 3.41. The van der Waals surface area contributed by atoms with E-state index in [9.17, 15) is 14.7 Å². The number of carbonyl (C=O) groups is 2. The van der Waals surface area contributed by atoms with Crippen molar-refractivity contribution in [2.24, 2.45) is 0 Å². The zero-order chi connectivity index (χ0) is 29.9. The summed E-state index contributed by atoms with van der Waals surface area (Å²) in [7, 11) is 0. The maximum atomic E-state index is 15.6. The van der Waals surface area contributed by atoms with E-state index in [0.29, 0.717) is 43.6 Å². The van der Waals surface area contributed by atoms with Crippen molar-refractivity contribution in [2.45, 2.75) is 34.3 Å². The molecule has 4 heterocycles. The fourth-order valence-electron chi connectivity index (χ4n) is 4.76. The van der Waals surface area contributed by atoms with Gasteiger partial charge in [-0.05, 0) is 55.2 Å². The van der Waals surface area contributed by atoms with Gasteiger partial charge in [0.2, 0.25) is 0 Å². The molecule has 1 aromatic carbocycles. The maximum Gasteiger partial charge on any atom is 0.407 e. The molecule has 0 bridgehead atoms. The number of nitrogens with zero attached hydrogens (tertiary/aromatic N) is 4. The van der Waals surface area contributed by atoms with Gasteiger partial charge >= 0.3 is 6.09 Å². The Balaban J connectivity index is 1.31. The summed E-state index contributed by atoms with van der Waals surface area (Å²) >= 11 is 15.3. The van der Waals surface area contributed by atoms with E-state index in [-0.39, 0.29) is 30.2 Å². The van der Waals surface area contributed by atoms with Crippen LogP contribution in [0.1, 0.15) is 34.5 Å². The lowest BCUT2D eigenvalue weighted by molar-refractivity contribution is 0.0898. The van der Waals surface area contributed by atoms with Crippen LogP contribution in [0.25, 0.3) is 0 Å². The van der Waals surface area contributed by atoms with Crippen LogP contribution in [0, 0.1) is 12.7 Å². The molecule has 0 spiro atoms. The summed E-state index contributed by atoms with van der Waals surface area (Å²) in [5.41, 5.74) is 0.706. The summed E-state index contributed by atoms with van der Waals surface area (Å²) in [5, 5.41) is 16.7. The Morgan fingerprint density at radius 1 is 1.14 bits per heavy atom. The van der Waals surface area contributed by atoms with Crippen LogP contribution in [0.2, 0.25) is 10.0 Å². The third-order valence-corrected chi connectivity index (χ3v) is 9.88. The minimum atomic E-state index is -1.01. The Kier molecular flexibility index (Phi) is 9.16. The Morgan fingerprint density at radius 3 is 2.64 bits per heavy atom. The first kappa shape index (κ1) is 30.0. The highest BCUT2D eigenvalue weighted by Gasteiger charge is 2.40. The summed E-state index contributed by atoms with van der Waals surface area (Å²) in [6.07, 6.45) is 4.48. The summed E-state index contributed by atoms with van der Waals surface area (Å²) in [4.78, 5) is 38.9. The van der Waals surface area contributed by atoms with Gasteiger partial charge in [0.25, 0.3) is 5.91 Å². The van der Waals surface area contributed by atoms with Crippen molar-refractivity contribution < 1.29 is 19.1 Å². The highest BCUT2D eigenvalue weighted by Crippen LogP contribution is 2.41. The van der Waals surface area contributed by atoms with Gasteiger partial charge in [-0.25, -0.2) is 24.1 Å². The van der Waals surface area contributed by atoms with Gasteiger partial charge in [-0.2, -0.15) is 0 Å². The van der Waals surface area contributed by atoms with E-state index in [2.05, 4.69) is 25.6 Å². The molecule has 2 amide bonds. The second kappa shape index (κ2) is 12.8. The second-order valence-electron chi connectivity index (χ2n) is 9.74. The molecule has 3 aromatic heterocycles. The van der Waals surface area contributed by atoms with Crippen molar-refractivity contribution >= 4 is 69.3 Å². The lowest BCUT2D eigenvalue weighted by Crippen LogP contribution is -2.50. The molecule has 1 saturated heterocycles. The molecule has 1 fully saturated rings. The van der Waals surface area contributed by atoms with E-state index in [0.717, 1.165) is 17.3 Å². The minimum Gasteiger partial charge on any atom is -0.465 e. The largest absolute Gasteiger partial charge is 0.465 e. The van der Waals surface area contributed by atoms with Crippen molar-refractivity contribution in [1.29, 1.82) is 0 Å². The highest BCUT2D eigenvalue weighted by atomic mass is 35.5. The number of carboxylic acid groups (broad SMARTS) is 1. The number of pyridine rings is 2. The van der Waals surface area contributed by atoms with Crippen molar-refractivity contribution in [2.75, 3.05) is 25.0 Å². The molecule has 218 valence electrons. The first-order chi connectivity index (χ1) is 20.1. The van der Waals surface area contributed by atoms with E-state index in [4.69, 9.17) is 23.2 Å². The highest BCUT2D eigenvalue weighted by molar-refractivity contribution is 8.01. The smallest absolute Gasteiger partial charge is 0.407 e. The number of hydrogen-bond acceptors (Lipinski definition) is 8. The molecule has 3 N–H and O–H groups in total. The number of anilines is 2. The van der Waals surface area contributed by atoms with Crippen LogP contribution >= 0.6 is 46.3 Å². The Labute approximate surface area is 259 Å². The number of aryl methyl sites for hydroxylation is 1. The molecule has 0 atom stereocenters. The second-order valence-corrected chi connectivity index (χ2v) is 12.9. The molecule has 1 aliphatic heterocycles. The van der Waals surface area contributed by atoms with Gasteiger partial charge in [0.05, 0.1) is 25.3 Å². The van der Waals surface area contributed by atoms with Crippen molar-refractivity contribution in [3.05, 3.63) is 87.7 Å². The number of halogens is 3. The number of carbonyl (C=O) groups excluding carboxylic acids is 1. The number of thiazole rings is 1. The molecule has 0 saturated carbocycles. The number of benzene rings is 1. The summed E-state index contributed by atoms with van der Waals surface area (Å²) in [5.74, 6) is -0.787. The van der Waals surface area contributed by atoms with Gasteiger partial charge in [-0.1, -0.05) is 58.4 Å². The van der Waals surface area contributed by atoms with Crippen molar-refractivity contribution in [3.63, 3.8) is 0 Å². The predicted octanol–water partition coefficient (Wildman–Crippen LogP) is 7.02. The number of nitrogens with one attached hydrogen (secondary N) is 2. The molecule has 9 nitrogen and oxygen atoms in total. The number of amides is 2. The number of hydrogen-bond donors (Lipinski definition) is 3. The van der Waals surface area contributed by atoms with Crippen LogP contribution in [-0.2, 0) is 5.41 Å². The monoisotopic (exact) mass is 646 g/mol. The van der Waals surface area contributed by atoms with Crippen LogP contribution in [0.3, 0.4) is 0 Å². The normalized spacial score (nSPS) is 14.4. The molecular weight excluding hydrogens is 622 g/mol. The lowest BCUT2D eigenvalue weighted by Gasteiger charge is -2.42. The molecule has 5 rings (SSSR count). The zero-order valence-corrected chi connectivity index (χ0v) is 25.4. The quantitative estimate of drug-likeness (QED) is 0.187. The zero-order valence-electron chi connectivity index (χ0n) is 22.2. The fourth-order valence-corrected chi connectivity index (χ4v) is 7.13. The number of aromatic nitrogens is 3. The Bertz CT molecular complexity index is 1630. The molecule has 1 aliphatic rings. The molecule has 0 aliphatic carbocycles. The van der Waals surface area contributed by atoms with Gasteiger partial charge in [0, 0.05) is 37.4 Å². The van der Waals surface area contributed by atoms with Crippen LogP contribution < -0.4 is 10.6 Å². The molecular formula is C28H25Cl2FN6O3S2. The van der Waals surface area contributed by atoms with E-state index in [1.807, 2.05) is 25.1 Å². The first-order valence-electron chi connectivity index (χ1n) is 12.8. The van der Waals surface area contributed by atoms with Crippen molar-refractivity contribution in [1.82, 2.24) is 25.2 Å². The van der Waals surface area contributed by atoms with Gasteiger partial charge < -0.3 is 20.6 Å². The van der Waals surface area contributed by atoms with E-state index in [1.54, 1.807) is 24.5 Å². The fraction of sp³-hybridized carbons (Fsp3) is 0.250. The maximum absolute atomic E-state index is 15.6. The molecule has 14 heteroatoms. The minimum absolute atomic E-state index is 0.0920. The third-order valence-electron chi connectivity index (χ3n) is 7.02. The topological polar surface area (TPSA) is 120 Å². The third kappa shape index (κ3) is 6.62. The van der Waals surface area contributed by atoms with Crippen molar-refractivity contribution in [3.8, 4) is 0 Å².